The fourth-order valence-electron chi connectivity index (χ4n) is 4.40. The molecular formula is C39H67N3O8. The van der Waals surface area contributed by atoms with E-state index in [1.54, 1.807) is 0 Å². The van der Waals surface area contributed by atoms with Crippen molar-refractivity contribution in [2.45, 2.75) is 93.9 Å². The lowest BCUT2D eigenvalue weighted by Gasteiger charge is -2.25. The average molecular weight is 706 g/mol. The summed E-state index contributed by atoms with van der Waals surface area (Å²) in [6.45, 7) is 21.8. The van der Waals surface area contributed by atoms with Crippen LogP contribution in [0.1, 0.15) is 93.9 Å². The van der Waals surface area contributed by atoms with Crippen molar-refractivity contribution in [1.82, 2.24) is 14.7 Å². The Bertz CT molecular complexity index is 950. The first-order valence-electron chi connectivity index (χ1n) is 18.0. The van der Waals surface area contributed by atoms with E-state index in [-0.39, 0.29) is 76.0 Å². The van der Waals surface area contributed by atoms with Gasteiger partial charge in [-0.1, -0.05) is 22.3 Å². The van der Waals surface area contributed by atoms with Gasteiger partial charge in [-0.2, -0.15) is 0 Å². The summed E-state index contributed by atoms with van der Waals surface area (Å²) in [4.78, 5) is 55.7. The molecule has 0 saturated carbocycles. The van der Waals surface area contributed by atoms with Gasteiger partial charge in [-0.15, -0.1) is 0 Å². The molecule has 0 aliphatic carbocycles. The molecule has 0 aliphatic heterocycles. The number of nitrogens with zero attached hydrogens (tertiary/aromatic N) is 3. The predicted octanol–water partition coefficient (Wildman–Crippen LogP) is 5.90. The number of allylic oxidation sites excluding steroid dienone is 4. The highest BCUT2D eigenvalue weighted by Crippen LogP contribution is 2.05. The van der Waals surface area contributed by atoms with E-state index in [0.29, 0.717) is 26.2 Å². The van der Waals surface area contributed by atoms with Crippen LogP contribution < -0.4 is 0 Å². The zero-order chi connectivity index (χ0) is 37.7. The highest BCUT2D eigenvalue weighted by Gasteiger charge is 2.15. The summed E-state index contributed by atoms with van der Waals surface area (Å²) >= 11 is 0. The minimum absolute atomic E-state index is 0.250. The van der Waals surface area contributed by atoms with Gasteiger partial charge in [0.2, 0.25) is 0 Å². The number of rotatable bonds is 28. The van der Waals surface area contributed by atoms with Gasteiger partial charge in [-0.3, -0.25) is 19.2 Å². The third-order valence-electron chi connectivity index (χ3n) is 7.50. The predicted molar refractivity (Wildman–Crippen MR) is 200 cm³/mol. The van der Waals surface area contributed by atoms with E-state index in [4.69, 9.17) is 18.9 Å². The molecule has 0 aliphatic rings. The standard InChI is InChI=1S/C39H67N3O8/c1-32(2)16-28-47-36(43)12-24-41(25-13-37(44)48-29-17-33(3)4)22-10-20-40(9)21-11-23-42(26-14-38(45)49-30-18-34(5)6)27-15-39(46)50-31-19-35(7)8/h16-19H,10-15,20-31H2,1-9H3. The lowest BCUT2D eigenvalue weighted by Crippen LogP contribution is -2.34. The van der Waals surface area contributed by atoms with Gasteiger partial charge in [-0.05, 0) is 126 Å². The molecule has 50 heavy (non-hydrogen) atoms. The zero-order valence-electron chi connectivity index (χ0n) is 32.6. The molecule has 286 valence electrons. The summed E-state index contributed by atoms with van der Waals surface area (Å²) in [6.07, 6.45) is 10.2. The summed E-state index contributed by atoms with van der Waals surface area (Å²) in [5, 5.41) is 0. The highest BCUT2D eigenvalue weighted by molar-refractivity contribution is 5.71. The number of ether oxygens (including phenoxy) is 4. The topological polar surface area (TPSA) is 115 Å². The van der Waals surface area contributed by atoms with Crippen molar-refractivity contribution in [2.24, 2.45) is 0 Å². The second kappa shape index (κ2) is 29.5. The molecule has 0 saturated heterocycles. The number of hydrogen-bond acceptors (Lipinski definition) is 11. The van der Waals surface area contributed by atoms with Crippen LogP contribution in [0.15, 0.2) is 46.6 Å². The van der Waals surface area contributed by atoms with Crippen LogP contribution in [-0.2, 0) is 38.1 Å². The van der Waals surface area contributed by atoms with Crippen LogP contribution in [0.25, 0.3) is 0 Å². The van der Waals surface area contributed by atoms with E-state index in [1.807, 2.05) is 79.7 Å². The molecule has 0 aromatic carbocycles. The Kier molecular flexibility index (Phi) is 27.5. The molecule has 0 heterocycles. The second-order valence-electron chi connectivity index (χ2n) is 13.6. The summed E-state index contributed by atoms with van der Waals surface area (Å²) in [5.74, 6) is -1.05. The van der Waals surface area contributed by atoms with E-state index < -0.39 is 0 Å². The van der Waals surface area contributed by atoms with Gasteiger partial charge in [0.05, 0.1) is 25.7 Å². The van der Waals surface area contributed by atoms with E-state index in [1.165, 1.54) is 0 Å². The molecule has 11 heteroatoms. The van der Waals surface area contributed by atoms with Crippen LogP contribution >= 0.6 is 0 Å². The lowest BCUT2D eigenvalue weighted by atomic mass is 10.2. The Labute approximate surface area is 302 Å². The van der Waals surface area contributed by atoms with Gasteiger partial charge in [0.15, 0.2) is 0 Å². The summed E-state index contributed by atoms with van der Waals surface area (Å²) in [5.41, 5.74) is 4.37. The quantitative estimate of drug-likeness (QED) is 0.0551. The van der Waals surface area contributed by atoms with Crippen molar-refractivity contribution in [3.05, 3.63) is 46.6 Å². The zero-order valence-corrected chi connectivity index (χ0v) is 32.6. The maximum atomic E-state index is 12.3. The van der Waals surface area contributed by atoms with E-state index in [0.717, 1.165) is 61.3 Å². The summed E-state index contributed by atoms with van der Waals surface area (Å²) in [6, 6.07) is 0. The molecular weight excluding hydrogens is 638 g/mol. The highest BCUT2D eigenvalue weighted by atomic mass is 16.5. The Morgan fingerprint density at radius 2 is 0.640 bits per heavy atom. The van der Waals surface area contributed by atoms with E-state index >= 15 is 0 Å². The van der Waals surface area contributed by atoms with Gasteiger partial charge in [0, 0.05) is 26.2 Å². The number of carbonyl (C=O) groups is 4. The Morgan fingerprint density at radius 3 is 0.860 bits per heavy atom. The molecule has 11 nitrogen and oxygen atoms in total. The first kappa shape index (κ1) is 46.7. The number of esters is 4. The van der Waals surface area contributed by atoms with Crippen LogP contribution in [0, 0.1) is 0 Å². The van der Waals surface area contributed by atoms with Crippen LogP contribution in [0.2, 0.25) is 0 Å². The van der Waals surface area contributed by atoms with Gasteiger partial charge >= 0.3 is 23.9 Å². The molecule has 0 aromatic heterocycles. The Hall–Kier alpha value is -3.28. The van der Waals surface area contributed by atoms with Gasteiger partial charge in [0.1, 0.15) is 26.4 Å². The van der Waals surface area contributed by atoms with Gasteiger partial charge in [-0.25, -0.2) is 0 Å². The molecule has 0 rings (SSSR count). The Balaban J connectivity index is 4.97. The molecule has 0 radical (unpaired) electrons. The van der Waals surface area contributed by atoms with Crippen molar-refractivity contribution in [3.63, 3.8) is 0 Å². The minimum atomic E-state index is -0.261. The molecule has 0 spiro atoms. The third kappa shape index (κ3) is 30.8. The first-order chi connectivity index (χ1) is 23.7. The van der Waals surface area contributed by atoms with E-state index in [2.05, 4.69) is 21.7 Å². The van der Waals surface area contributed by atoms with Crippen molar-refractivity contribution in [3.8, 4) is 0 Å². The molecule has 0 fully saturated rings. The van der Waals surface area contributed by atoms with Crippen molar-refractivity contribution in [2.75, 3.05) is 85.8 Å². The van der Waals surface area contributed by atoms with Crippen molar-refractivity contribution >= 4 is 23.9 Å². The van der Waals surface area contributed by atoms with Crippen LogP contribution in [0.5, 0.6) is 0 Å². The summed E-state index contributed by atoms with van der Waals surface area (Å²) < 4.78 is 21.3. The third-order valence-corrected chi connectivity index (χ3v) is 7.50. The lowest BCUT2D eigenvalue weighted by molar-refractivity contribution is -0.144. The Morgan fingerprint density at radius 1 is 0.400 bits per heavy atom. The monoisotopic (exact) mass is 705 g/mol. The molecule has 0 aromatic rings. The van der Waals surface area contributed by atoms with Crippen molar-refractivity contribution in [1.29, 1.82) is 0 Å². The number of hydrogen-bond donors (Lipinski definition) is 0. The van der Waals surface area contributed by atoms with E-state index in [9.17, 15) is 19.2 Å². The van der Waals surface area contributed by atoms with Crippen LogP contribution in [0.3, 0.4) is 0 Å². The maximum absolute atomic E-state index is 12.3. The largest absolute Gasteiger partial charge is 0.461 e. The average Bonchev–Trinajstić information content (AvgIpc) is 3.02. The molecule has 0 N–H and O–H groups in total. The fraction of sp³-hybridized carbons (Fsp3) is 0.692. The molecule has 0 bridgehead atoms. The second-order valence-corrected chi connectivity index (χ2v) is 13.6. The minimum Gasteiger partial charge on any atom is -0.461 e. The number of carbonyl (C=O) groups excluding carboxylic acids is 4. The van der Waals surface area contributed by atoms with Crippen LogP contribution in [-0.4, -0.2) is 124 Å². The van der Waals surface area contributed by atoms with Crippen molar-refractivity contribution < 1.29 is 38.1 Å². The normalized spacial score (nSPS) is 10.8. The van der Waals surface area contributed by atoms with Gasteiger partial charge in [0.25, 0.3) is 0 Å². The summed E-state index contributed by atoms with van der Waals surface area (Å²) in [7, 11) is 2.07. The smallest absolute Gasteiger partial charge is 0.307 e. The first-order valence-corrected chi connectivity index (χ1v) is 18.0. The molecule has 0 unspecified atom stereocenters. The van der Waals surface area contributed by atoms with Crippen LogP contribution in [0.4, 0.5) is 0 Å². The molecule has 0 atom stereocenters. The molecule has 0 amide bonds. The SMILES string of the molecule is CC(C)=CCOC(=O)CCN(CCCN(C)CCCN(CCC(=O)OCC=C(C)C)CCC(=O)OCC=C(C)C)CCC(=O)OCC=C(C)C. The van der Waals surface area contributed by atoms with Gasteiger partial charge < -0.3 is 33.6 Å². The fourth-order valence-corrected chi connectivity index (χ4v) is 4.40. The maximum Gasteiger partial charge on any atom is 0.307 e.